The number of ether oxygens (including phenoxy) is 2. The predicted octanol–water partition coefficient (Wildman–Crippen LogP) is 2.79. The molecule has 27 heavy (non-hydrogen) atoms. The minimum atomic E-state index is -3.57. The molecule has 2 rings (SSSR count). The van der Waals surface area contributed by atoms with Crippen LogP contribution in [0.25, 0.3) is 0 Å². The molecule has 0 saturated carbocycles. The Morgan fingerprint density at radius 2 is 1.63 bits per heavy atom. The SMILES string of the molecule is CCC(C)NS(=O)(=O)c1ccc(NC(=O)COc2ccc(OC)cc2)cc1. The van der Waals surface area contributed by atoms with Crippen LogP contribution < -0.4 is 19.5 Å². The average Bonchev–Trinajstić information content (AvgIpc) is 2.66. The fraction of sp³-hybridized carbons (Fsp3) is 0.316. The zero-order valence-electron chi connectivity index (χ0n) is 15.6. The second kappa shape index (κ2) is 9.38. The van der Waals surface area contributed by atoms with Crippen molar-refractivity contribution in [1.82, 2.24) is 4.72 Å². The summed E-state index contributed by atoms with van der Waals surface area (Å²) in [5.74, 6) is 0.896. The van der Waals surface area contributed by atoms with Gasteiger partial charge in [0.2, 0.25) is 10.0 Å². The molecule has 2 aromatic carbocycles. The molecule has 0 heterocycles. The van der Waals surface area contributed by atoms with E-state index in [0.717, 1.165) is 0 Å². The molecule has 2 N–H and O–H groups in total. The second-order valence-electron chi connectivity index (χ2n) is 5.97. The van der Waals surface area contributed by atoms with Gasteiger partial charge in [-0.25, -0.2) is 13.1 Å². The van der Waals surface area contributed by atoms with Gasteiger partial charge >= 0.3 is 0 Å². The number of rotatable bonds is 9. The van der Waals surface area contributed by atoms with E-state index in [1.165, 1.54) is 24.3 Å². The molecule has 0 aliphatic heterocycles. The van der Waals surface area contributed by atoms with Crippen LogP contribution in [0, 0.1) is 0 Å². The molecular formula is C19H24N2O5S. The lowest BCUT2D eigenvalue weighted by molar-refractivity contribution is -0.118. The van der Waals surface area contributed by atoms with Crippen LogP contribution in [0.2, 0.25) is 0 Å². The minimum absolute atomic E-state index is 0.148. The second-order valence-corrected chi connectivity index (χ2v) is 7.68. The van der Waals surface area contributed by atoms with Crippen molar-refractivity contribution in [3.63, 3.8) is 0 Å². The largest absolute Gasteiger partial charge is 0.497 e. The van der Waals surface area contributed by atoms with Gasteiger partial charge in [-0.05, 0) is 61.9 Å². The Kier molecular flexibility index (Phi) is 7.20. The van der Waals surface area contributed by atoms with Crippen molar-refractivity contribution < 1.29 is 22.7 Å². The fourth-order valence-electron chi connectivity index (χ4n) is 2.15. The monoisotopic (exact) mass is 392 g/mol. The molecule has 1 atom stereocenters. The molecular weight excluding hydrogens is 368 g/mol. The molecule has 1 unspecified atom stereocenters. The van der Waals surface area contributed by atoms with Crippen LogP contribution in [-0.4, -0.2) is 34.1 Å². The molecule has 0 bridgehead atoms. The maximum absolute atomic E-state index is 12.2. The molecule has 0 aromatic heterocycles. The molecule has 1 amide bonds. The van der Waals surface area contributed by atoms with Crippen molar-refractivity contribution in [3.8, 4) is 11.5 Å². The summed E-state index contributed by atoms with van der Waals surface area (Å²) in [4.78, 5) is 12.1. The highest BCUT2D eigenvalue weighted by atomic mass is 32.2. The van der Waals surface area contributed by atoms with Crippen LogP contribution in [0.1, 0.15) is 20.3 Å². The summed E-state index contributed by atoms with van der Waals surface area (Å²) in [5, 5.41) is 2.66. The quantitative estimate of drug-likeness (QED) is 0.684. The number of nitrogens with one attached hydrogen (secondary N) is 2. The van der Waals surface area contributed by atoms with Crippen molar-refractivity contribution in [3.05, 3.63) is 48.5 Å². The third-order valence-electron chi connectivity index (χ3n) is 3.85. The zero-order valence-corrected chi connectivity index (χ0v) is 16.4. The predicted molar refractivity (Wildman–Crippen MR) is 104 cm³/mol. The molecule has 8 heteroatoms. The third-order valence-corrected chi connectivity index (χ3v) is 5.45. The Labute approximate surface area is 159 Å². The minimum Gasteiger partial charge on any atom is -0.497 e. The topological polar surface area (TPSA) is 93.7 Å². The Hall–Kier alpha value is -2.58. The van der Waals surface area contributed by atoms with E-state index in [9.17, 15) is 13.2 Å². The summed E-state index contributed by atoms with van der Waals surface area (Å²) in [6.07, 6.45) is 0.696. The van der Waals surface area contributed by atoms with Gasteiger partial charge < -0.3 is 14.8 Å². The van der Waals surface area contributed by atoms with Gasteiger partial charge in [-0.15, -0.1) is 0 Å². The van der Waals surface area contributed by atoms with E-state index in [4.69, 9.17) is 9.47 Å². The zero-order chi connectivity index (χ0) is 19.9. The lowest BCUT2D eigenvalue weighted by atomic mass is 10.3. The van der Waals surface area contributed by atoms with E-state index < -0.39 is 10.0 Å². The molecule has 0 radical (unpaired) electrons. The van der Waals surface area contributed by atoms with Gasteiger partial charge in [-0.2, -0.15) is 0 Å². The Bertz CT molecular complexity index is 849. The highest BCUT2D eigenvalue weighted by Gasteiger charge is 2.16. The van der Waals surface area contributed by atoms with E-state index in [0.29, 0.717) is 23.6 Å². The average molecular weight is 392 g/mol. The van der Waals surface area contributed by atoms with Crippen molar-refractivity contribution >= 4 is 21.6 Å². The van der Waals surface area contributed by atoms with E-state index in [1.54, 1.807) is 38.3 Å². The van der Waals surface area contributed by atoms with Crippen molar-refractivity contribution in [2.24, 2.45) is 0 Å². The standard InChI is InChI=1S/C19H24N2O5S/c1-4-14(2)21-27(23,24)18-11-5-15(6-12-18)20-19(22)13-26-17-9-7-16(25-3)8-10-17/h5-12,14,21H,4,13H2,1-3H3,(H,20,22). The Morgan fingerprint density at radius 3 is 2.19 bits per heavy atom. The maximum atomic E-state index is 12.2. The summed E-state index contributed by atoms with van der Waals surface area (Å²) in [7, 11) is -2.00. The first-order valence-corrected chi connectivity index (χ1v) is 10.0. The Morgan fingerprint density at radius 1 is 1.04 bits per heavy atom. The van der Waals surface area contributed by atoms with Crippen molar-refractivity contribution in [2.45, 2.75) is 31.2 Å². The molecule has 2 aromatic rings. The van der Waals surface area contributed by atoms with Crippen LogP contribution in [0.15, 0.2) is 53.4 Å². The number of sulfonamides is 1. The molecule has 0 fully saturated rings. The van der Waals surface area contributed by atoms with Crippen LogP contribution in [0.4, 0.5) is 5.69 Å². The summed E-state index contributed by atoms with van der Waals surface area (Å²) >= 11 is 0. The molecule has 0 saturated heterocycles. The van der Waals surface area contributed by atoms with Gasteiger partial charge in [0.15, 0.2) is 6.61 Å². The van der Waals surface area contributed by atoms with Gasteiger partial charge in [-0.3, -0.25) is 4.79 Å². The summed E-state index contributed by atoms with van der Waals surface area (Å²) in [6.45, 7) is 3.54. The lowest BCUT2D eigenvalue weighted by Gasteiger charge is -2.12. The highest BCUT2D eigenvalue weighted by Crippen LogP contribution is 2.17. The van der Waals surface area contributed by atoms with Crippen LogP contribution in [0.3, 0.4) is 0 Å². The first kappa shape index (κ1) is 20.7. The number of methoxy groups -OCH3 is 1. The Balaban J connectivity index is 1.90. The molecule has 0 aliphatic rings. The van der Waals surface area contributed by atoms with Gasteiger partial charge in [0.25, 0.3) is 5.91 Å². The van der Waals surface area contributed by atoms with Gasteiger partial charge in [-0.1, -0.05) is 6.92 Å². The third kappa shape index (κ3) is 6.26. The number of amides is 1. The maximum Gasteiger partial charge on any atom is 0.262 e. The first-order chi connectivity index (χ1) is 12.8. The van der Waals surface area contributed by atoms with Crippen molar-refractivity contribution in [1.29, 1.82) is 0 Å². The number of anilines is 1. The number of hydrogen-bond donors (Lipinski definition) is 2. The molecule has 0 spiro atoms. The number of benzene rings is 2. The van der Waals surface area contributed by atoms with Crippen LogP contribution in [-0.2, 0) is 14.8 Å². The van der Waals surface area contributed by atoms with E-state index >= 15 is 0 Å². The normalized spacial score (nSPS) is 12.3. The number of carbonyl (C=O) groups is 1. The fourth-order valence-corrected chi connectivity index (χ4v) is 3.48. The van der Waals surface area contributed by atoms with Gasteiger partial charge in [0, 0.05) is 11.7 Å². The first-order valence-electron chi connectivity index (χ1n) is 8.53. The van der Waals surface area contributed by atoms with Crippen LogP contribution >= 0.6 is 0 Å². The number of hydrogen-bond acceptors (Lipinski definition) is 5. The smallest absolute Gasteiger partial charge is 0.262 e. The number of carbonyl (C=O) groups excluding carboxylic acids is 1. The van der Waals surface area contributed by atoms with E-state index in [-0.39, 0.29) is 23.5 Å². The van der Waals surface area contributed by atoms with Gasteiger partial charge in [0.05, 0.1) is 12.0 Å². The molecule has 146 valence electrons. The highest BCUT2D eigenvalue weighted by molar-refractivity contribution is 7.89. The van der Waals surface area contributed by atoms with Crippen molar-refractivity contribution in [2.75, 3.05) is 19.0 Å². The van der Waals surface area contributed by atoms with E-state index in [2.05, 4.69) is 10.0 Å². The molecule has 7 nitrogen and oxygen atoms in total. The molecule has 0 aliphatic carbocycles. The summed E-state index contributed by atoms with van der Waals surface area (Å²) < 4.78 is 37.5. The summed E-state index contributed by atoms with van der Waals surface area (Å²) in [6, 6.07) is 12.7. The van der Waals surface area contributed by atoms with Gasteiger partial charge in [0.1, 0.15) is 11.5 Å². The van der Waals surface area contributed by atoms with E-state index in [1.807, 2.05) is 6.92 Å². The lowest BCUT2D eigenvalue weighted by Crippen LogP contribution is -2.31. The van der Waals surface area contributed by atoms with Crippen LogP contribution in [0.5, 0.6) is 11.5 Å². The summed E-state index contributed by atoms with van der Waals surface area (Å²) in [5.41, 5.74) is 0.487.